The van der Waals surface area contributed by atoms with Crippen molar-refractivity contribution in [2.24, 2.45) is 0 Å². The van der Waals surface area contributed by atoms with Crippen molar-refractivity contribution in [3.63, 3.8) is 0 Å². The Bertz CT molecular complexity index is 621. The first-order chi connectivity index (χ1) is 17.1. The first-order valence-electron chi connectivity index (χ1n) is 14.3. The average molecular weight is 574 g/mol. The van der Waals surface area contributed by atoms with Crippen LogP contribution in [0.2, 0.25) is 0 Å². The minimum Gasteiger partial charge on any atom is -1.00 e. The number of hydrogen-bond acceptors (Lipinski definition) is 4. The molecule has 1 heterocycles. The number of nitrogens with zero attached hydrogens (tertiary/aromatic N) is 1. The first-order valence-corrected chi connectivity index (χ1v) is 14.3. The number of hydrogen-bond donors (Lipinski definition) is 4. The number of nitrogens with one attached hydrogen (secondary N) is 1. The minimum absolute atomic E-state index is 0. The van der Waals surface area contributed by atoms with Crippen LogP contribution in [0.5, 0.6) is 0 Å². The quantitative estimate of drug-likeness (QED) is 0.119. The van der Waals surface area contributed by atoms with Crippen LogP contribution in [0.1, 0.15) is 116 Å². The van der Waals surface area contributed by atoms with Gasteiger partial charge in [-0.3, -0.25) is 4.79 Å². The number of carbonyl (C=O) groups is 1. The molecule has 1 aromatic rings. The average Bonchev–Trinajstić information content (AvgIpc) is 2.87. The van der Waals surface area contributed by atoms with E-state index in [1.54, 1.807) is 0 Å². The highest BCUT2D eigenvalue weighted by molar-refractivity contribution is 5.76. The van der Waals surface area contributed by atoms with Gasteiger partial charge in [0.1, 0.15) is 12.6 Å². The smallest absolute Gasteiger partial charge is 0.220 e. The lowest BCUT2D eigenvalue weighted by molar-refractivity contribution is -0.697. The van der Waals surface area contributed by atoms with E-state index in [9.17, 15) is 20.1 Å². The Labute approximate surface area is 230 Å². The number of aryl methyl sites for hydroxylation is 1. The third-order valence-electron chi connectivity index (χ3n) is 6.80. The van der Waals surface area contributed by atoms with E-state index < -0.39 is 18.2 Å². The summed E-state index contributed by atoms with van der Waals surface area (Å²) in [6, 6.07) is 5.16. The molecule has 4 N–H and O–H groups in total. The van der Waals surface area contributed by atoms with Crippen molar-refractivity contribution in [2.45, 2.75) is 141 Å². The van der Waals surface area contributed by atoms with Crippen LogP contribution < -0.4 is 26.9 Å². The van der Waals surface area contributed by atoms with Crippen LogP contribution in [0.4, 0.5) is 0 Å². The van der Waals surface area contributed by atoms with E-state index >= 15 is 0 Å². The zero-order valence-electron chi connectivity index (χ0n) is 22.6. The molecule has 0 aromatic carbocycles. The SMILES string of the molecule is CCCCCCCCCCCCCC[C@@H](O)[C@@H](O)[C@H](CO)NC(=O)CCCCC[n+]1ccccc1.[Br-]. The molecule has 1 rings (SSSR count). The summed E-state index contributed by atoms with van der Waals surface area (Å²) in [6.07, 6.45) is 20.5. The maximum absolute atomic E-state index is 12.2. The fraction of sp³-hybridized carbons (Fsp3) is 0.793. The Morgan fingerprint density at radius 2 is 1.31 bits per heavy atom. The topological polar surface area (TPSA) is 93.7 Å². The van der Waals surface area contributed by atoms with Crippen molar-refractivity contribution in [1.29, 1.82) is 0 Å². The Hall–Kier alpha value is -1.02. The second-order valence-electron chi connectivity index (χ2n) is 10.0. The van der Waals surface area contributed by atoms with Gasteiger partial charge >= 0.3 is 0 Å². The van der Waals surface area contributed by atoms with Crippen molar-refractivity contribution >= 4 is 5.91 Å². The highest BCUT2D eigenvalue weighted by atomic mass is 79.9. The van der Waals surface area contributed by atoms with Gasteiger partial charge in [0.05, 0.1) is 18.8 Å². The maximum Gasteiger partial charge on any atom is 0.220 e. The monoisotopic (exact) mass is 572 g/mol. The number of amides is 1. The summed E-state index contributed by atoms with van der Waals surface area (Å²) in [5.74, 6) is -0.187. The van der Waals surface area contributed by atoms with E-state index in [-0.39, 0.29) is 29.5 Å². The van der Waals surface area contributed by atoms with Gasteiger partial charge in [0, 0.05) is 25.0 Å². The third kappa shape index (κ3) is 18.3. The van der Waals surface area contributed by atoms with Gasteiger partial charge in [-0.25, -0.2) is 4.57 Å². The summed E-state index contributed by atoms with van der Waals surface area (Å²) in [5.41, 5.74) is 0. The lowest BCUT2D eigenvalue weighted by Crippen LogP contribution is -3.00. The molecule has 0 spiro atoms. The van der Waals surface area contributed by atoms with Gasteiger partial charge in [-0.1, -0.05) is 90.0 Å². The number of pyridine rings is 1. The van der Waals surface area contributed by atoms with Crippen molar-refractivity contribution in [2.75, 3.05) is 6.61 Å². The van der Waals surface area contributed by atoms with E-state index in [4.69, 9.17) is 0 Å². The molecule has 0 aliphatic carbocycles. The largest absolute Gasteiger partial charge is 1.00 e. The Morgan fingerprint density at radius 3 is 1.86 bits per heavy atom. The van der Waals surface area contributed by atoms with E-state index in [0.717, 1.165) is 45.1 Å². The lowest BCUT2D eigenvalue weighted by Gasteiger charge is -2.26. The van der Waals surface area contributed by atoms with E-state index in [0.29, 0.717) is 12.8 Å². The summed E-state index contributed by atoms with van der Waals surface area (Å²) in [6.45, 7) is 2.79. The van der Waals surface area contributed by atoms with Gasteiger partial charge in [-0.05, 0) is 19.3 Å². The molecular weight excluding hydrogens is 520 g/mol. The van der Waals surface area contributed by atoms with Crippen LogP contribution in [0, 0.1) is 0 Å². The molecule has 0 saturated carbocycles. The van der Waals surface area contributed by atoms with Crippen LogP contribution in [0.15, 0.2) is 30.6 Å². The fourth-order valence-electron chi connectivity index (χ4n) is 4.49. The Balaban J connectivity index is 0.0000122. The number of aliphatic hydroxyl groups excluding tert-OH is 3. The summed E-state index contributed by atoms with van der Waals surface area (Å²) in [5, 5.41) is 33.1. The van der Waals surface area contributed by atoms with E-state index in [1.807, 2.05) is 30.6 Å². The molecule has 36 heavy (non-hydrogen) atoms. The molecule has 0 unspecified atom stereocenters. The van der Waals surface area contributed by atoms with Gasteiger partial charge in [-0.2, -0.15) is 0 Å². The number of halogens is 1. The molecule has 6 nitrogen and oxygen atoms in total. The molecule has 3 atom stereocenters. The van der Waals surface area contributed by atoms with Gasteiger partial charge < -0.3 is 37.6 Å². The van der Waals surface area contributed by atoms with Crippen molar-refractivity contribution < 1.29 is 41.7 Å². The highest BCUT2D eigenvalue weighted by Crippen LogP contribution is 2.14. The molecule has 0 aliphatic heterocycles. The minimum atomic E-state index is -1.15. The summed E-state index contributed by atoms with van der Waals surface area (Å²) >= 11 is 0. The number of aromatic nitrogens is 1. The van der Waals surface area contributed by atoms with Gasteiger partial charge in [-0.15, -0.1) is 0 Å². The maximum atomic E-state index is 12.2. The van der Waals surface area contributed by atoms with E-state index in [2.05, 4.69) is 16.8 Å². The number of aliphatic hydroxyl groups is 3. The molecule has 0 bridgehead atoms. The second-order valence-corrected chi connectivity index (χ2v) is 10.0. The lowest BCUT2D eigenvalue weighted by atomic mass is 9.99. The normalized spacial score (nSPS) is 13.6. The number of unbranched alkanes of at least 4 members (excludes halogenated alkanes) is 13. The van der Waals surface area contributed by atoms with Gasteiger partial charge in [0.15, 0.2) is 12.4 Å². The molecule has 0 aliphatic rings. The summed E-state index contributed by atoms with van der Waals surface area (Å²) in [7, 11) is 0. The zero-order chi connectivity index (χ0) is 25.6. The third-order valence-corrected chi connectivity index (χ3v) is 6.80. The van der Waals surface area contributed by atoms with Gasteiger partial charge in [0.2, 0.25) is 5.91 Å². The number of carbonyl (C=O) groups excluding carboxylic acids is 1. The molecule has 210 valence electrons. The number of rotatable bonds is 23. The second kappa shape index (κ2) is 24.3. The van der Waals surface area contributed by atoms with Crippen LogP contribution >= 0.6 is 0 Å². The Kier molecular flexibility index (Phi) is 23.6. The standard InChI is InChI=1S/C29H52N2O4.BrH/c1-2-3-4-5-6-7-8-9-10-11-12-15-20-27(33)29(35)26(25-32)30-28(34)21-16-13-17-22-31-23-18-14-19-24-31;/h14,18-19,23-24,26-27,29,32-33,35H,2-13,15-17,20-22,25H2,1H3;1H/t26-,27+,29-;/m0./s1. The molecule has 7 heteroatoms. The van der Waals surface area contributed by atoms with Crippen LogP contribution in [-0.4, -0.2) is 46.1 Å². The molecule has 1 amide bonds. The van der Waals surface area contributed by atoms with Crippen molar-refractivity contribution in [3.05, 3.63) is 30.6 Å². The predicted molar refractivity (Wildman–Crippen MR) is 142 cm³/mol. The summed E-state index contributed by atoms with van der Waals surface area (Å²) < 4.78 is 2.12. The summed E-state index contributed by atoms with van der Waals surface area (Å²) in [4.78, 5) is 12.2. The highest BCUT2D eigenvalue weighted by Gasteiger charge is 2.26. The van der Waals surface area contributed by atoms with Crippen molar-refractivity contribution in [1.82, 2.24) is 5.32 Å². The molecular formula is C29H53BrN2O4. The van der Waals surface area contributed by atoms with Gasteiger partial charge in [0.25, 0.3) is 0 Å². The Morgan fingerprint density at radius 1 is 0.778 bits per heavy atom. The fourth-order valence-corrected chi connectivity index (χ4v) is 4.49. The van der Waals surface area contributed by atoms with E-state index in [1.165, 1.54) is 57.8 Å². The molecule has 0 fully saturated rings. The van der Waals surface area contributed by atoms with Crippen LogP contribution in [-0.2, 0) is 11.3 Å². The molecule has 0 saturated heterocycles. The molecule has 1 aromatic heterocycles. The van der Waals surface area contributed by atoms with Crippen molar-refractivity contribution in [3.8, 4) is 0 Å². The first kappa shape index (κ1) is 35.0. The predicted octanol–water partition coefficient (Wildman–Crippen LogP) is 1.83. The zero-order valence-corrected chi connectivity index (χ0v) is 24.2. The van der Waals surface area contributed by atoms with Crippen LogP contribution in [0.25, 0.3) is 0 Å². The van der Waals surface area contributed by atoms with Crippen LogP contribution in [0.3, 0.4) is 0 Å². The molecule has 0 radical (unpaired) electrons.